The highest BCUT2D eigenvalue weighted by Crippen LogP contribution is 2.27. The van der Waals surface area contributed by atoms with Gasteiger partial charge in [-0.1, -0.05) is 6.07 Å². The van der Waals surface area contributed by atoms with Crippen LogP contribution in [0.5, 0.6) is 5.88 Å². The van der Waals surface area contributed by atoms with Gasteiger partial charge in [-0.25, -0.2) is 9.97 Å². The van der Waals surface area contributed by atoms with Crippen molar-refractivity contribution in [3.05, 3.63) is 46.5 Å². The van der Waals surface area contributed by atoms with E-state index in [0.29, 0.717) is 40.6 Å². The van der Waals surface area contributed by atoms with E-state index in [-0.39, 0.29) is 0 Å². The number of carbonyl (C=O) groups is 2. The van der Waals surface area contributed by atoms with E-state index in [1.807, 2.05) is 0 Å². The van der Waals surface area contributed by atoms with Crippen molar-refractivity contribution in [2.45, 2.75) is 19.4 Å². The zero-order valence-corrected chi connectivity index (χ0v) is 18.3. The first-order valence-corrected chi connectivity index (χ1v) is 11.1. The number of imide groups is 1. The molecule has 2 amide bonds. The van der Waals surface area contributed by atoms with Crippen molar-refractivity contribution in [3.8, 4) is 5.88 Å². The Labute approximate surface area is 188 Å². The molecule has 9 nitrogen and oxygen atoms in total. The number of anilines is 1. The molecule has 0 saturated carbocycles. The van der Waals surface area contributed by atoms with Crippen molar-refractivity contribution in [3.63, 3.8) is 0 Å². The Morgan fingerprint density at radius 1 is 1.28 bits per heavy atom. The van der Waals surface area contributed by atoms with E-state index in [2.05, 4.69) is 30.5 Å². The summed E-state index contributed by atoms with van der Waals surface area (Å²) in [6, 6.07) is 6.42. The maximum Gasteiger partial charge on any atom is 0.290 e. The fourth-order valence-electron chi connectivity index (χ4n) is 3.60. The van der Waals surface area contributed by atoms with Crippen LogP contribution in [0, 0.1) is 11.9 Å². The molecule has 0 radical (unpaired) electrons. The lowest BCUT2D eigenvalue weighted by Crippen LogP contribution is -2.38. The Hall–Kier alpha value is -3.05. The monoisotopic (exact) mass is 458 g/mol. The molecule has 0 spiro atoms. The highest BCUT2D eigenvalue weighted by Gasteiger charge is 2.26. The molecule has 4 rings (SSSR count). The Bertz CT molecular complexity index is 1040. The first-order chi connectivity index (χ1) is 15.5. The summed E-state index contributed by atoms with van der Waals surface area (Å²) in [5, 5.41) is 5.19. The van der Waals surface area contributed by atoms with Gasteiger partial charge in [0.2, 0.25) is 17.8 Å². The summed E-state index contributed by atoms with van der Waals surface area (Å²) in [5.41, 5.74) is 1.19. The molecule has 11 heteroatoms. The smallest absolute Gasteiger partial charge is 0.290 e. The van der Waals surface area contributed by atoms with Crippen LogP contribution in [0.25, 0.3) is 6.08 Å². The summed E-state index contributed by atoms with van der Waals surface area (Å²) in [5.74, 6) is 0.506. The van der Waals surface area contributed by atoms with Gasteiger partial charge in [-0.15, -0.1) is 0 Å². The molecular weight excluding hydrogens is 435 g/mol. The molecule has 0 atom stereocenters. The van der Waals surface area contributed by atoms with Crippen LogP contribution in [0.4, 0.5) is 15.1 Å². The zero-order valence-electron chi connectivity index (χ0n) is 17.5. The Balaban J connectivity index is 1.35. The van der Waals surface area contributed by atoms with Gasteiger partial charge in [0.15, 0.2) is 0 Å². The fraction of sp³-hybridized carbons (Fsp3) is 0.381. The third-order valence-corrected chi connectivity index (χ3v) is 6.06. The van der Waals surface area contributed by atoms with Gasteiger partial charge in [-0.2, -0.15) is 9.37 Å². The lowest BCUT2D eigenvalue weighted by atomic mass is 9.97. The van der Waals surface area contributed by atoms with Gasteiger partial charge in [0.1, 0.15) is 0 Å². The molecule has 2 N–H and O–H groups in total. The van der Waals surface area contributed by atoms with E-state index in [1.54, 1.807) is 24.3 Å². The first-order valence-electron chi connectivity index (χ1n) is 10.2. The first kappa shape index (κ1) is 22.2. The summed E-state index contributed by atoms with van der Waals surface area (Å²) in [6.45, 7) is 2.91. The number of ether oxygens (including phenoxy) is 1. The minimum absolute atomic E-state index is 0.291. The minimum atomic E-state index is -0.468. The molecule has 2 fully saturated rings. The topological polar surface area (TPSA) is 109 Å². The van der Waals surface area contributed by atoms with Gasteiger partial charge >= 0.3 is 0 Å². The number of hydrogen-bond donors (Lipinski definition) is 2. The van der Waals surface area contributed by atoms with E-state index >= 15 is 0 Å². The molecule has 2 aliphatic heterocycles. The summed E-state index contributed by atoms with van der Waals surface area (Å²) in [6.07, 6.45) is 3.47. The van der Waals surface area contributed by atoms with E-state index in [0.717, 1.165) is 44.2 Å². The number of hydrogen-bond acceptors (Lipinski definition) is 9. The Morgan fingerprint density at radius 3 is 2.78 bits per heavy atom. The number of carbonyl (C=O) groups excluding carboxylic acids is 2. The summed E-state index contributed by atoms with van der Waals surface area (Å²) in [4.78, 5) is 38.5. The number of piperidine rings is 1. The van der Waals surface area contributed by atoms with Gasteiger partial charge in [0.25, 0.3) is 11.1 Å². The largest absolute Gasteiger partial charge is 0.481 e. The predicted molar refractivity (Wildman–Crippen MR) is 119 cm³/mol. The minimum Gasteiger partial charge on any atom is -0.481 e. The van der Waals surface area contributed by atoms with Crippen molar-refractivity contribution in [1.29, 1.82) is 0 Å². The maximum atomic E-state index is 13.2. The average molecular weight is 459 g/mol. The number of nitrogens with zero attached hydrogens (tertiary/aromatic N) is 4. The second-order valence-corrected chi connectivity index (χ2v) is 8.52. The standard InChI is InChI=1S/C21H23FN6O3S/c1-31-18-10-15(9-16-19(29)27-21(30)32-16)25-20(26-18)28-7-5-13(6-8-28)11-23-12-14-3-2-4-17(22)24-14/h2-4,9-10,13,23H,5-8,11-12H2,1H3,(H,27,29,30)/b16-9+. The molecule has 2 aliphatic rings. The third-order valence-electron chi connectivity index (χ3n) is 5.25. The Kier molecular flexibility index (Phi) is 6.96. The zero-order chi connectivity index (χ0) is 22.5. The molecule has 32 heavy (non-hydrogen) atoms. The van der Waals surface area contributed by atoms with Crippen molar-refractivity contribution in [1.82, 2.24) is 25.6 Å². The molecule has 0 aliphatic carbocycles. The number of rotatable bonds is 7. The number of nitrogens with one attached hydrogen (secondary N) is 2. The van der Waals surface area contributed by atoms with Crippen LogP contribution in [0.3, 0.4) is 0 Å². The van der Waals surface area contributed by atoms with E-state index in [4.69, 9.17) is 4.74 Å². The second kappa shape index (κ2) is 10.0. The van der Waals surface area contributed by atoms with Crippen LogP contribution < -0.4 is 20.3 Å². The van der Waals surface area contributed by atoms with Crippen LogP contribution in [-0.2, 0) is 11.3 Å². The predicted octanol–water partition coefficient (Wildman–Crippen LogP) is 2.35. The summed E-state index contributed by atoms with van der Waals surface area (Å²) < 4.78 is 18.5. The van der Waals surface area contributed by atoms with Crippen molar-refractivity contribution in [2.24, 2.45) is 5.92 Å². The van der Waals surface area contributed by atoms with Crippen molar-refractivity contribution >= 4 is 34.9 Å². The highest BCUT2D eigenvalue weighted by atomic mass is 32.2. The summed E-state index contributed by atoms with van der Waals surface area (Å²) in [7, 11) is 1.52. The lowest BCUT2D eigenvalue weighted by molar-refractivity contribution is -0.115. The number of thioether (sulfide) groups is 1. The van der Waals surface area contributed by atoms with Crippen LogP contribution in [0.2, 0.25) is 0 Å². The van der Waals surface area contributed by atoms with E-state index < -0.39 is 17.1 Å². The van der Waals surface area contributed by atoms with Gasteiger partial charge < -0.3 is 15.0 Å². The number of halogens is 1. The number of amides is 2. The fourth-order valence-corrected chi connectivity index (χ4v) is 4.26. The molecule has 2 aromatic heterocycles. The molecular formula is C21H23FN6O3S. The van der Waals surface area contributed by atoms with E-state index in [9.17, 15) is 14.0 Å². The molecule has 0 aromatic carbocycles. The normalized spacial score (nSPS) is 18.3. The van der Waals surface area contributed by atoms with Crippen molar-refractivity contribution < 1.29 is 18.7 Å². The Morgan fingerprint density at radius 2 is 2.09 bits per heavy atom. The summed E-state index contributed by atoms with van der Waals surface area (Å²) >= 11 is 0.845. The lowest BCUT2D eigenvalue weighted by Gasteiger charge is -2.32. The average Bonchev–Trinajstić information content (AvgIpc) is 3.10. The highest BCUT2D eigenvalue weighted by molar-refractivity contribution is 8.18. The number of pyridine rings is 1. The number of methoxy groups -OCH3 is 1. The quantitative estimate of drug-likeness (QED) is 0.477. The second-order valence-electron chi connectivity index (χ2n) is 7.50. The van der Waals surface area contributed by atoms with Crippen LogP contribution in [-0.4, -0.2) is 52.8 Å². The molecule has 0 bridgehead atoms. The van der Waals surface area contributed by atoms with Gasteiger partial charge in [-0.3, -0.25) is 14.9 Å². The molecule has 2 aromatic rings. The SMILES string of the molecule is COc1cc(/C=C2/SC(=O)NC2=O)nc(N2CCC(CNCc3cccc(F)n3)CC2)n1. The van der Waals surface area contributed by atoms with Gasteiger partial charge in [0, 0.05) is 25.7 Å². The van der Waals surface area contributed by atoms with E-state index in [1.165, 1.54) is 13.2 Å². The van der Waals surface area contributed by atoms with Gasteiger partial charge in [0.05, 0.1) is 23.4 Å². The molecule has 2 saturated heterocycles. The van der Waals surface area contributed by atoms with Crippen LogP contribution in [0.15, 0.2) is 29.2 Å². The van der Waals surface area contributed by atoms with Crippen LogP contribution >= 0.6 is 11.8 Å². The van der Waals surface area contributed by atoms with Crippen molar-refractivity contribution in [2.75, 3.05) is 31.6 Å². The van der Waals surface area contributed by atoms with Crippen LogP contribution in [0.1, 0.15) is 24.2 Å². The molecule has 0 unspecified atom stereocenters. The number of aromatic nitrogens is 3. The van der Waals surface area contributed by atoms with Gasteiger partial charge in [-0.05, 0) is 55.3 Å². The molecule has 168 valence electrons. The molecule has 4 heterocycles. The third kappa shape index (κ3) is 5.60. The maximum absolute atomic E-state index is 13.2.